The van der Waals surface area contributed by atoms with E-state index in [1.54, 1.807) is 0 Å². The van der Waals surface area contributed by atoms with Crippen molar-refractivity contribution < 1.29 is 13.6 Å². The van der Waals surface area contributed by atoms with E-state index in [4.69, 9.17) is 13.6 Å². The highest BCUT2D eigenvalue weighted by molar-refractivity contribution is 6.67. The highest BCUT2D eigenvalue weighted by Gasteiger charge is 2.43. The average Bonchev–Trinajstić information content (AvgIpc) is 2.26. The molecule has 0 bridgehead atoms. The largest absolute Gasteiger partial charge is 0.392 e. The Balaban J connectivity index is 2.66. The van der Waals surface area contributed by atoms with Crippen LogP contribution in [0.3, 0.4) is 0 Å². The highest BCUT2D eigenvalue weighted by Crippen LogP contribution is 2.39. The van der Waals surface area contributed by atoms with Gasteiger partial charge in [-0.25, -0.2) is 0 Å². The monoisotopic (exact) mass is 288 g/mol. The van der Waals surface area contributed by atoms with Crippen molar-refractivity contribution >= 4 is 8.56 Å². The number of hydrogen-bond acceptors (Lipinski definition) is 3. The Hall–Kier alpha value is 0.0969. The lowest BCUT2D eigenvalue weighted by atomic mass is 9.81. The number of hydrogen-bond donors (Lipinski definition) is 0. The molecule has 0 aromatic heterocycles. The SMILES string of the molecule is CCC1(CC[Si](CC)(OC(C)C)OC(C)C)COC1. The van der Waals surface area contributed by atoms with Gasteiger partial charge < -0.3 is 13.6 Å². The molecule has 1 fully saturated rings. The molecule has 0 amide bonds. The molecule has 0 spiro atoms. The molecule has 1 rings (SSSR count). The van der Waals surface area contributed by atoms with Gasteiger partial charge in [-0.05, 0) is 52.6 Å². The second kappa shape index (κ2) is 7.20. The van der Waals surface area contributed by atoms with Gasteiger partial charge in [0.15, 0.2) is 0 Å². The van der Waals surface area contributed by atoms with Crippen molar-refractivity contribution in [1.29, 1.82) is 0 Å². The molecule has 0 aliphatic carbocycles. The molecule has 1 aliphatic heterocycles. The molecule has 3 nitrogen and oxygen atoms in total. The number of rotatable bonds is 9. The molecule has 0 radical (unpaired) electrons. The van der Waals surface area contributed by atoms with Gasteiger partial charge in [-0.15, -0.1) is 0 Å². The summed E-state index contributed by atoms with van der Waals surface area (Å²) in [6.45, 7) is 14.8. The first kappa shape index (κ1) is 17.1. The van der Waals surface area contributed by atoms with Crippen molar-refractivity contribution in [3.63, 3.8) is 0 Å². The van der Waals surface area contributed by atoms with Gasteiger partial charge in [0.2, 0.25) is 0 Å². The van der Waals surface area contributed by atoms with E-state index in [9.17, 15) is 0 Å². The van der Waals surface area contributed by atoms with Crippen LogP contribution in [0, 0.1) is 5.41 Å². The standard InChI is InChI=1S/C15H32O3Si/c1-7-15(11-16-12-15)9-10-19(8-2,17-13(3)4)18-14(5)6/h13-14H,7-12H2,1-6H3. The summed E-state index contributed by atoms with van der Waals surface area (Å²) in [5, 5.41) is 0. The van der Waals surface area contributed by atoms with Gasteiger partial charge in [0.1, 0.15) is 0 Å². The van der Waals surface area contributed by atoms with E-state index in [-0.39, 0.29) is 12.2 Å². The van der Waals surface area contributed by atoms with Gasteiger partial charge in [0.05, 0.1) is 13.2 Å². The predicted molar refractivity (Wildman–Crippen MR) is 81.6 cm³/mol. The summed E-state index contributed by atoms with van der Waals surface area (Å²) in [4.78, 5) is 0. The Morgan fingerprint density at radius 3 is 1.84 bits per heavy atom. The van der Waals surface area contributed by atoms with Crippen molar-refractivity contribution in [3.05, 3.63) is 0 Å². The first-order valence-corrected chi connectivity index (χ1v) is 10.0. The maximum absolute atomic E-state index is 6.28. The van der Waals surface area contributed by atoms with E-state index in [1.165, 1.54) is 12.8 Å². The minimum absolute atomic E-state index is 0.251. The lowest BCUT2D eigenvalue weighted by Crippen LogP contribution is -2.49. The van der Waals surface area contributed by atoms with Crippen molar-refractivity contribution in [3.8, 4) is 0 Å². The molecule has 114 valence electrons. The first-order valence-electron chi connectivity index (χ1n) is 7.80. The minimum Gasteiger partial charge on any atom is -0.392 e. The van der Waals surface area contributed by atoms with Crippen molar-refractivity contribution in [1.82, 2.24) is 0 Å². The van der Waals surface area contributed by atoms with Crippen molar-refractivity contribution in [2.45, 2.75) is 78.7 Å². The fraction of sp³-hybridized carbons (Fsp3) is 1.00. The fourth-order valence-corrected chi connectivity index (χ4v) is 6.33. The summed E-state index contributed by atoms with van der Waals surface area (Å²) in [5.41, 5.74) is 0.397. The highest BCUT2D eigenvalue weighted by atomic mass is 28.4. The third-order valence-corrected chi connectivity index (χ3v) is 7.93. The Morgan fingerprint density at radius 1 is 1.05 bits per heavy atom. The Morgan fingerprint density at radius 2 is 1.58 bits per heavy atom. The summed E-state index contributed by atoms with van der Waals surface area (Å²) in [6, 6.07) is 2.13. The minimum atomic E-state index is -2.06. The van der Waals surface area contributed by atoms with E-state index < -0.39 is 8.56 Å². The van der Waals surface area contributed by atoms with Crippen LogP contribution in [-0.4, -0.2) is 34.0 Å². The third kappa shape index (κ3) is 4.85. The molecule has 0 unspecified atom stereocenters. The Labute approximate surface area is 120 Å². The molecule has 0 N–H and O–H groups in total. The first-order chi connectivity index (χ1) is 8.87. The Kier molecular flexibility index (Phi) is 6.50. The topological polar surface area (TPSA) is 27.7 Å². The summed E-state index contributed by atoms with van der Waals surface area (Å²) in [7, 11) is -2.06. The van der Waals surface area contributed by atoms with Crippen molar-refractivity contribution in [2.75, 3.05) is 13.2 Å². The molecule has 0 saturated carbocycles. The molecule has 1 heterocycles. The predicted octanol–water partition coefficient (Wildman–Crippen LogP) is 4.12. The van der Waals surface area contributed by atoms with Crippen LogP contribution in [0.2, 0.25) is 12.1 Å². The van der Waals surface area contributed by atoms with E-state index in [0.717, 1.165) is 25.3 Å². The molecule has 0 aromatic carbocycles. The molecule has 0 atom stereocenters. The fourth-order valence-electron chi connectivity index (χ4n) is 2.72. The van der Waals surface area contributed by atoms with Gasteiger partial charge in [-0.3, -0.25) is 0 Å². The van der Waals surface area contributed by atoms with Crippen LogP contribution in [-0.2, 0) is 13.6 Å². The second-order valence-electron chi connectivity index (χ2n) is 6.44. The van der Waals surface area contributed by atoms with Crippen LogP contribution >= 0.6 is 0 Å². The average molecular weight is 289 g/mol. The zero-order valence-electron chi connectivity index (χ0n) is 13.6. The van der Waals surface area contributed by atoms with Crippen LogP contribution in [0.15, 0.2) is 0 Å². The van der Waals surface area contributed by atoms with Crippen LogP contribution in [0.1, 0.15) is 54.4 Å². The summed E-state index contributed by atoms with van der Waals surface area (Å²) in [6.07, 6.45) is 2.88. The van der Waals surface area contributed by atoms with Gasteiger partial charge in [0.25, 0.3) is 0 Å². The Bertz CT molecular complexity index is 247. The van der Waals surface area contributed by atoms with E-state index in [0.29, 0.717) is 5.41 Å². The molecular weight excluding hydrogens is 256 g/mol. The molecule has 0 aromatic rings. The molecule has 4 heteroatoms. The van der Waals surface area contributed by atoms with Crippen LogP contribution in [0.4, 0.5) is 0 Å². The van der Waals surface area contributed by atoms with Gasteiger partial charge in [-0.2, -0.15) is 0 Å². The third-order valence-electron chi connectivity index (χ3n) is 4.04. The second-order valence-corrected chi connectivity index (χ2v) is 9.94. The molecule has 19 heavy (non-hydrogen) atoms. The van der Waals surface area contributed by atoms with E-state index in [2.05, 4.69) is 41.5 Å². The zero-order chi connectivity index (χ0) is 14.5. The van der Waals surface area contributed by atoms with Crippen LogP contribution in [0.5, 0.6) is 0 Å². The van der Waals surface area contributed by atoms with E-state index >= 15 is 0 Å². The van der Waals surface area contributed by atoms with Gasteiger partial charge >= 0.3 is 8.56 Å². The smallest absolute Gasteiger partial charge is 0.338 e. The summed E-state index contributed by atoms with van der Waals surface area (Å²) < 4.78 is 18.0. The quantitative estimate of drug-likeness (QED) is 0.597. The maximum Gasteiger partial charge on any atom is 0.338 e. The van der Waals surface area contributed by atoms with Gasteiger partial charge in [-0.1, -0.05) is 13.8 Å². The summed E-state index contributed by atoms with van der Waals surface area (Å²) in [5.74, 6) is 0. The zero-order valence-corrected chi connectivity index (χ0v) is 14.6. The van der Waals surface area contributed by atoms with E-state index in [1.807, 2.05) is 0 Å². The lowest BCUT2D eigenvalue weighted by Gasteiger charge is -2.43. The maximum atomic E-state index is 6.28. The molecule has 1 saturated heterocycles. The normalized spacial score (nSPS) is 18.9. The number of ether oxygens (including phenoxy) is 1. The summed E-state index contributed by atoms with van der Waals surface area (Å²) >= 11 is 0. The van der Waals surface area contributed by atoms with Crippen LogP contribution < -0.4 is 0 Å². The van der Waals surface area contributed by atoms with Gasteiger partial charge in [0, 0.05) is 17.6 Å². The lowest BCUT2D eigenvalue weighted by molar-refractivity contribution is -0.117. The molecular formula is C15H32O3Si. The van der Waals surface area contributed by atoms with Crippen molar-refractivity contribution in [2.24, 2.45) is 5.41 Å². The molecule has 1 aliphatic rings. The van der Waals surface area contributed by atoms with Crippen LogP contribution in [0.25, 0.3) is 0 Å².